The van der Waals surface area contributed by atoms with Gasteiger partial charge >= 0.3 is 0 Å². The van der Waals surface area contributed by atoms with E-state index in [-0.39, 0.29) is 0 Å². The van der Waals surface area contributed by atoms with Gasteiger partial charge in [0, 0.05) is 42.8 Å². The second kappa shape index (κ2) is 7.72. The number of aromatic nitrogens is 3. The van der Waals surface area contributed by atoms with Gasteiger partial charge in [-0.2, -0.15) is 9.61 Å². The molecule has 0 saturated carbocycles. The van der Waals surface area contributed by atoms with Crippen molar-refractivity contribution in [3.05, 3.63) is 72.6 Å². The van der Waals surface area contributed by atoms with Gasteiger partial charge in [0.2, 0.25) is 0 Å². The lowest BCUT2D eigenvalue weighted by Gasteiger charge is -2.14. The van der Waals surface area contributed by atoms with Crippen LogP contribution in [0.5, 0.6) is 0 Å². The van der Waals surface area contributed by atoms with Gasteiger partial charge in [-0.15, -0.1) is 0 Å². The summed E-state index contributed by atoms with van der Waals surface area (Å²) >= 11 is 0. The lowest BCUT2D eigenvalue weighted by atomic mass is 10.1. The SMILES string of the molecule is CCCc1cc(Nc2ccc(N(C)C)cc2)n2ncc(-c3ccccc3)c2n1. The molecule has 0 aliphatic heterocycles. The van der Waals surface area contributed by atoms with Gasteiger partial charge in [0.1, 0.15) is 5.82 Å². The standard InChI is InChI=1S/C23H25N5/c1-4-8-19-15-22(25-18-11-13-20(14-12-18)27(2)3)28-23(26-19)21(16-24-28)17-9-6-5-7-10-17/h5-7,9-16,25H,4,8H2,1-3H3. The number of aryl methyl sites for hydroxylation is 1. The van der Waals surface area contributed by atoms with Crippen molar-refractivity contribution in [2.45, 2.75) is 19.8 Å². The maximum atomic E-state index is 4.89. The normalized spacial score (nSPS) is 11.0. The van der Waals surface area contributed by atoms with E-state index in [1.807, 2.05) is 43.0 Å². The zero-order chi connectivity index (χ0) is 19.5. The fraction of sp³-hybridized carbons (Fsp3) is 0.217. The van der Waals surface area contributed by atoms with Gasteiger partial charge in [0.25, 0.3) is 0 Å². The first-order valence-electron chi connectivity index (χ1n) is 9.63. The molecule has 2 aromatic carbocycles. The van der Waals surface area contributed by atoms with Crippen LogP contribution in [0.15, 0.2) is 66.9 Å². The molecule has 5 nitrogen and oxygen atoms in total. The van der Waals surface area contributed by atoms with E-state index in [0.29, 0.717) is 0 Å². The zero-order valence-electron chi connectivity index (χ0n) is 16.6. The number of fused-ring (bicyclic) bond motifs is 1. The highest BCUT2D eigenvalue weighted by Crippen LogP contribution is 2.27. The molecule has 0 fully saturated rings. The highest BCUT2D eigenvalue weighted by Gasteiger charge is 2.13. The molecule has 0 bridgehead atoms. The smallest absolute Gasteiger partial charge is 0.165 e. The summed E-state index contributed by atoms with van der Waals surface area (Å²) < 4.78 is 1.89. The van der Waals surface area contributed by atoms with Gasteiger partial charge in [-0.1, -0.05) is 43.7 Å². The fourth-order valence-electron chi connectivity index (χ4n) is 3.30. The highest BCUT2D eigenvalue weighted by molar-refractivity contribution is 5.78. The molecule has 1 N–H and O–H groups in total. The largest absolute Gasteiger partial charge is 0.378 e. The first-order chi connectivity index (χ1) is 13.7. The van der Waals surface area contributed by atoms with Crippen molar-refractivity contribution in [1.82, 2.24) is 14.6 Å². The maximum absolute atomic E-state index is 4.89. The Labute approximate surface area is 165 Å². The summed E-state index contributed by atoms with van der Waals surface area (Å²) in [7, 11) is 4.08. The third kappa shape index (κ3) is 3.56. The summed E-state index contributed by atoms with van der Waals surface area (Å²) in [5, 5.41) is 8.14. The number of rotatable bonds is 6. The average Bonchev–Trinajstić information content (AvgIpc) is 3.13. The molecule has 0 unspecified atom stereocenters. The lowest BCUT2D eigenvalue weighted by molar-refractivity contribution is 0.862. The summed E-state index contributed by atoms with van der Waals surface area (Å²) in [4.78, 5) is 6.99. The van der Waals surface area contributed by atoms with Crippen molar-refractivity contribution < 1.29 is 0 Å². The molecule has 28 heavy (non-hydrogen) atoms. The molecule has 0 amide bonds. The molecular weight excluding hydrogens is 346 g/mol. The van der Waals surface area contributed by atoms with Gasteiger partial charge in [0.15, 0.2) is 5.65 Å². The van der Waals surface area contributed by atoms with E-state index in [4.69, 9.17) is 4.98 Å². The molecule has 2 heterocycles. The van der Waals surface area contributed by atoms with Gasteiger partial charge in [-0.25, -0.2) is 4.98 Å². The molecule has 4 aromatic rings. The minimum Gasteiger partial charge on any atom is -0.378 e. The van der Waals surface area contributed by atoms with Crippen LogP contribution in [0.3, 0.4) is 0 Å². The summed E-state index contributed by atoms with van der Waals surface area (Å²) in [5.41, 5.74) is 6.31. The predicted octanol–water partition coefficient (Wildman–Crippen LogP) is 5.16. The van der Waals surface area contributed by atoms with Crippen LogP contribution >= 0.6 is 0 Å². The van der Waals surface area contributed by atoms with Crippen LogP contribution in [0.4, 0.5) is 17.2 Å². The Bertz CT molecular complexity index is 1070. The van der Waals surface area contributed by atoms with E-state index in [1.54, 1.807) is 0 Å². The van der Waals surface area contributed by atoms with Crippen molar-refractivity contribution in [3.63, 3.8) is 0 Å². The molecule has 0 radical (unpaired) electrons. The van der Waals surface area contributed by atoms with E-state index in [1.165, 1.54) is 5.69 Å². The zero-order valence-corrected chi connectivity index (χ0v) is 16.6. The predicted molar refractivity (Wildman–Crippen MR) is 116 cm³/mol. The molecule has 5 heteroatoms. The summed E-state index contributed by atoms with van der Waals surface area (Å²) in [5.74, 6) is 0.924. The van der Waals surface area contributed by atoms with E-state index in [0.717, 1.165) is 46.8 Å². The van der Waals surface area contributed by atoms with Crippen molar-refractivity contribution in [2.75, 3.05) is 24.3 Å². The summed E-state index contributed by atoms with van der Waals surface area (Å²) in [6.45, 7) is 2.17. The van der Waals surface area contributed by atoms with E-state index in [9.17, 15) is 0 Å². The first kappa shape index (κ1) is 18.0. The Morgan fingerprint density at radius 1 is 1.00 bits per heavy atom. The molecule has 0 aliphatic carbocycles. The molecular formula is C23H25N5. The van der Waals surface area contributed by atoms with Crippen molar-refractivity contribution in [1.29, 1.82) is 0 Å². The quantitative estimate of drug-likeness (QED) is 0.509. The number of hydrogen-bond donors (Lipinski definition) is 1. The van der Waals surface area contributed by atoms with Crippen molar-refractivity contribution in [3.8, 4) is 11.1 Å². The van der Waals surface area contributed by atoms with Crippen LogP contribution in [0.1, 0.15) is 19.0 Å². The number of anilines is 3. The summed E-state index contributed by atoms with van der Waals surface area (Å²) in [6.07, 6.45) is 3.88. The molecule has 0 saturated heterocycles. The second-order valence-electron chi connectivity index (χ2n) is 7.11. The third-order valence-electron chi connectivity index (χ3n) is 4.77. The molecule has 4 rings (SSSR count). The van der Waals surface area contributed by atoms with Crippen LogP contribution in [0, 0.1) is 0 Å². The average molecular weight is 371 g/mol. The third-order valence-corrected chi connectivity index (χ3v) is 4.77. The lowest BCUT2D eigenvalue weighted by Crippen LogP contribution is -2.08. The molecule has 0 atom stereocenters. The Balaban J connectivity index is 1.77. The van der Waals surface area contributed by atoms with Crippen LogP contribution in [0.25, 0.3) is 16.8 Å². The fourth-order valence-corrected chi connectivity index (χ4v) is 3.30. The van der Waals surface area contributed by atoms with Crippen molar-refractivity contribution in [2.24, 2.45) is 0 Å². The van der Waals surface area contributed by atoms with Crippen LogP contribution in [-0.2, 0) is 6.42 Å². The first-order valence-corrected chi connectivity index (χ1v) is 9.63. The van der Waals surface area contributed by atoms with Crippen molar-refractivity contribution >= 4 is 22.8 Å². The molecule has 142 valence electrons. The Morgan fingerprint density at radius 3 is 2.43 bits per heavy atom. The molecule has 2 aromatic heterocycles. The highest BCUT2D eigenvalue weighted by atomic mass is 15.3. The number of nitrogens with one attached hydrogen (secondary N) is 1. The van der Waals surface area contributed by atoms with Gasteiger partial charge < -0.3 is 10.2 Å². The van der Waals surface area contributed by atoms with Crippen LogP contribution < -0.4 is 10.2 Å². The molecule has 0 spiro atoms. The number of hydrogen-bond acceptors (Lipinski definition) is 4. The van der Waals surface area contributed by atoms with Gasteiger partial charge in [-0.3, -0.25) is 0 Å². The van der Waals surface area contributed by atoms with E-state index in [2.05, 4.69) is 64.7 Å². The maximum Gasteiger partial charge on any atom is 0.165 e. The van der Waals surface area contributed by atoms with Crippen LogP contribution in [-0.4, -0.2) is 28.7 Å². The topological polar surface area (TPSA) is 45.5 Å². The Morgan fingerprint density at radius 2 is 1.75 bits per heavy atom. The van der Waals surface area contributed by atoms with E-state index < -0.39 is 0 Å². The van der Waals surface area contributed by atoms with Crippen LogP contribution in [0.2, 0.25) is 0 Å². The number of nitrogens with zero attached hydrogens (tertiary/aromatic N) is 4. The minimum absolute atomic E-state index is 0.879. The summed E-state index contributed by atoms with van der Waals surface area (Å²) in [6, 6.07) is 20.8. The number of benzene rings is 2. The molecule has 0 aliphatic rings. The Kier molecular flexibility index (Phi) is 4.98. The monoisotopic (exact) mass is 371 g/mol. The van der Waals surface area contributed by atoms with E-state index >= 15 is 0 Å². The van der Waals surface area contributed by atoms with Gasteiger partial charge in [0.05, 0.1) is 6.20 Å². The minimum atomic E-state index is 0.879. The second-order valence-corrected chi connectivity index (χ2v) is 7.11. The van der Waals surface area contributed by atoms with Gasteiger partial charge in [-0.05, 0) is 36.2 Å². The Hall–Kier alpha value is -3.34.